The SMILES string of the molecule is O=c1[nH]c2ccc(C(Cl)c3ccc(Cl)o3)cc2[nH]c1=O. The predicted octanol–water partition coefficient (Wildman–Crippen LogP) is 2.79. The summed E-state index contributed by atoms with van der Waals surface area (Å²) in [7, 11) is 0. The second-order valence-electron chi connectivity index (χ2n) is 4.22. The zero-order valence-corrected chi connectivity index (χ0v) is 11.5. The summed E-state index contributed by atoms with van der Waals surface area (Å²) in [6.45, 7) is 0. The average Bonchev–Trinajstić information content (AvgIpc) is 2.85. The minimum Gasteiger partial charge on any atom is -0.448 e. The molecule has 1 unspecified atom stereocenters. The Balaban J connectivity index is 2.11. The Morgan fingerprint density at radius 3 is 2.35 bits per heavy atom. The third kappa shape index (κ3) is 2.26. The first kappa shape index (κ1) is 13.0. The van der Waals surface area contributed by atoms with Crippen LogP contribution in [0, 0.1) is 0 Å². The minimum atomic E-state index is -0.707. The zero-order valence-electron chi connectivity index (χ0n) is 9.94. The van der Waals surface area contributed by atoms with Crippen LogP contribution in [0.1, 0.15) is 16.7 Å². The summed E-state index contributed by atoms with van der Waals surface area (Å²) >= 11 is 12.0. The number of aromatic nitrogens is 2. The third-order valence-corrected chi connectivity index (χ3v) is 3.55. The van der Waals surface area contributed by atoms with Gasteiger partial charge in [0.25, 0.3) is 0 Å². The third-order valence-electron chi connectivity index (χ3n) is 2.88. The number of benzene rings is 1. The first-order chi connectivity index (χ1) is 9.54. The van der Waals surface area contributed by atoms with Crippen molar-refractivity contribution in [1.82, 2.24) is 9.97 Å². The van der Waals surface area contributed by atoms with Gasteiger partial charge in [-0.1, -0.05) is 6.07 Å². The van der Waals surface area contributed by atoms with Gasteiger partial charge in [-0.3, -0.25) is 9.59 Å². The summed E-state index contributed by atoms with van der Waals surface area (Å²) in [5.74, 6) is 0.503. The fourth-order valence-electron chi connectivity index (χ4n) is 1.92. The summed E-state index contributed by atoms with van der Waals surface area (Å²) in [6, 6.07) is 8.37. The van der Waals surface area contributed by atoms with E-state index in [2.05, 4.69) is 9.97 Å². The van der Waals surface area contributed by atoms with Crippen LogP contribution in [0.25, 0.3) is 11.0 Å². The van der Waals surface area contributed by atoms with Gasteiger partial charge >= 0.3 is 11.1 Å². The molecule has 2 heterocycles. The standard InChI is InChI=1S/C13H8Cl2N2O3/c14-10-4-3-9(20-10)11(15)6-1-2-7-8(5-6)17-13(19)12(18)16-7/h1-5,11H,(H,16,18)(H,17,19). The van der Waals surface area contributed by atoms with Crippen molar-refractivity contribution in [3.8, 4) is 0 Å². The Hall–Kier alpha value is -1.98. The maximum absolute atomic E-state index is 11.3. The van der Waals surface area contributed by atoms with Crippen LogP contribution in [-0.2, 0) is 0 Å². The lowest BCUT2D eigenvalue weighted by molar-refractivity contribution is 0.518. The van der Waals surface area contributed by atoms with E-state index < -0.39 is 16.5 Å². The van der Waals surface area contributed by atoms with Crippen LogP contribution in [0.2, 0.25) is 5.22 Å². The van der Waals surface area contributed by atoms with Crippen LogP contribution in [0.5, 0.6) is 0 Å². The van der Waals surface area contributed by atoms with Gasteiger partial charge in [-0.15, -0.1) is 11.6 Å². The lowest BCUT2D eigenvalue weighted by atomic mass is 10.1. The summed E-state index contributed by atoms with van der Waals surface area (Å²) < 4.78 is 5.26. The van der Waals surface area contributed by atoms with Gasteiger partial charge in [-0.25, -0.2) is 0 Å². The van der Waals surface area contributed by atoms with Crippen molar-refractivity contribution in [2.75, 3.05) is 0 Å². The number of rotatable bonds is 2. The van der Waals surface area contributed by atoms with E-state index in [0.717, 1.165) is 0 Å². The van der Waals surface area contributed by atoms with Crippen molar-refractivity contribution in [3.05, 3.63) is 67.6 Å². The number of hydrogen-bond donors (Lipinski definition) is 2. The monoisotopic (exact) mass is 310 g/mol. The topological polar surface area (TPSA) is 78.9 Å². The Labute approximate surface area is 122 Å². The molecule has 0 fully saturated rings. The highest BCUT2D eigenvalue weighted by Gasteiger charge is 2.15. The molecule has 0 saturated carbocycles. The van der Waals surface area contributed by atoms with Crippen molar-refractivity contribution in [2.45, 2.75) is 5.38 Å². The van der Waals surface area contributed by atoms with Crippen LogP contribution < -0.4 is 11.1 Å². The highest BCUT2D eigenvalue weighted by molar-refractivity contribution is 6.29. The van der Waals surface area contributed by atoms with Crippen LogP contribution in [0.15, 0.2) is 44.3 Å². The first-order valence-electron chi connectivity index (χ1n) is 5.70. The van der Waals surface area contributed by atoms with Gasteiger partial charge in [0.05, 0.1) is 11.0 Å². The molecule has 3 rings (SSSR count). The predicted molar refractivity (Wildman–Crippen MR) is 76.6 cm³/mol. The summed E-state index contributed by atoms with van der Waals surface area (Å²) in [6.07, 6.45) is 0. The molecule has 1 aromatic carbocycles. The van der Waals surface area contributed by atoms with Crippen molar-refractivity contribution in [1.29, 1.82) is 0 Å². The Bertz CT molecular complexity index is 894. The van der Waals surface area contributed by atoms with Gasteiger partial charge in [0.2, 0.25) is 0 Å². The molecule has 1 atom stereocenters. The molecule has 102 valence electrons. The van der Waals surface area contributed by atoms with E-state index in [-0.39, 0.29) is 5.22 Å². The summed E-state index contributed by atoms with van der Waals surface area (Å²) in [5, 5.41) is -0.286. The van der Waals surface area contributed by atoms with E-state index in [1.165, 1.54) is 0 Å². The Kier molecular flexibility index (Phi) is 3.16. The number of furan rings is 1. The van der Waals surface area contributed by atoms with Gasteiger partial charge in [0.1, 0.15) is 11.1 Å². The van der Waals surface area contributed by atoms with E-state index in [9.17, 15) is 9.59 Å². The second kappa shape index (κ2) is 4.85. The fourth-order valence-corrected chi connectivity index (χ4v) is 2.32. The number of H-pyrrole nitrogens is 2. The Morgan fingerprint density at radius 1 is 1.00 bits per heavy atom. The van der Waals surface area contributed by atoms with Gasteiger partial charge in [0.15, 0.2) is 5.22 Å². The van der Waals surface area contributed by atoms with E-state index >= 15 is 0 Å². The zero-order chi connectivity index (χ0) is 14.3. The largest absolute Gasteiger partial charge is 0.448 e. The van der Waals surface area contributed by atoms with E-state index in [4.69, 9.17) is 27.6 Å². The van der Waals surface area contributed by atoms with Crippen LogP contribution in [-0.4, -0.2) is 9.97 Å². The molecule has 2 N–H and O–H groups in total. The van der Waals surface area contributed by atoms with Crippen molar-refractivity contribution < 1.29 is 4.42 Å². The summed E-state index contributed by atoms with van der Waals surface area (Å²) in [4.78, 5) is 27.5. The molecule has 0 spiro atoms. The molecule has 0 amide bonds. The smallest absolute Gasteiger partial charge is 0.314 e. The van der Waals surface area contributed by atoms with Crippen molar-refractivity contribution in [2.24, 2.45) is 0 Å². The maximum atomic E-state index is 11.3. The molecule has 0 aliphatic heterocycles. The van der Waals surface area contributed by atoms with Crippen LogP contribution in [0.3, 0.4) is 0 Å². The van der Waals surface area contributed by atoms with Gasteiger partial charge in [-0.05, 0) is 41.4 Å². The molecular formula is C13H8Cl2N2O3. The number of fused-ring (bicyclic) bond motifs is 1. The molecule has 2 aromatic heterocycles. The van der Waals surface area contributed by atoms with Gasteiger partial charge < -0.3 is 14.4 Å². The molecular weight excluding hydrogens is 303 g/mol. The van der Waals surface area contributed by atoms with Crippen molar-refractivity contribution in [3.63, 3.8) is 0 Å². The summed E-state index contributed by atoms with van der Waals surface area (Å²) in [5.41, 5.74) is 0.343. The molecule has 3 aromatic rings. The minimum absolute atomic E-state index is 0.254. The lowest BCUT2D eigenvalue weighted by Gasteiger charge is -2.08. The number of halogens is 2. The quantitative estimate of drug-likeness (QED) is 0.564. The lowest BCUT2D eigenvalue weighted by Crippen LogP contribution is -2.28. The van der Waals surface area contributed by atoms with Crippen LogP contribution in [0.4, 0.5) is 0 Å². The van der Waals surface area contributed by atoms with E-state index in [0.29, 0.717) is 22.4 Å². The van der Waals surface area contributed by atoms with Gasteiger partial charge in [0, 0.05) is 0 Å². The number of aromatic amines is 2. The molecule has 0 saturated heterocycles. The van der Waals surface area contributed by atoms with Crippen LogP contribution >= 0.6 is 23.2 Å². The normalized spacial score (nSPS) is 12.7. The molecule has 0 aliphatic carbocycles. The molecule has 20 heavy (non-hydrogen) atoms. The highest BCUT2D eigenvalue weighted by Crippen LogP contribution is 2.32. The number of alkyl halides is 1. The molecule has 7 heteroatoms. The van der Waals surface area contributed by atoms with E-state index in [1.807, 2.05) is 0 Å². The number of nitrogens with one attached hydrogen (secondary N) is 2. The average molecular weight is 311 g/mol. The maximum Gasteiger partial charge on any atom is 0.314 e. The second-order valence-corrected chi connectivity index (χ2v) is 5.03. The molecule has 5 nitrogen and oxygen atoms in total. The van der Waals surface area contributed by atoms with Crippen molar-refractivity contribution >= 4 is 34.2 Å². The highest BCUT2D eigenvalue weighted by atomic mass is 35.5. The molecule has 0 aliphatic rings. The van der Waals surface area contributed by atoms with E-state index in [1.54, 1.807) is 30.3 Å². The first-order valence-corrected chi connectivity index (χ1v) is 6.51. The molecule has 0 radical (unpaired) electrons. The number of hydrogen-bond acceptors (Lipinski definition) is 3. The molecule has 0 bridgehead atoms. The van der Waals surface area contributed by atoms with Gasteiger partial charge in [-0.2, -0.15) is 0 Å². The fraction of sp³-hybridized carbons (Fsp3) is 0.0769. The Morgan fingerprint density at radius 2 is 1.70 bits per heavy atom.